The molecule has 156 valence electrons. The van der Waals surface area contributed by atoms with Crippen LogP contribution in [0.4, 0.5) is 13.2 Å². The summed E-state index contributed by atoms with van der Waals surface area (Å²) < 4.78 is 46.7. The third-order valence-electron chi connectivity index (χ3n) is 3.39. The van der Waals surface area contributed by atoms with Crippen LogP contribution in [0, 0.1) is 0 Å². The predicted molar refractivity (Wildman–Crippen MR) is 97.9 cm³/mol. The summed E-state index contributed by atoms with van der Waals surface area (Å²) in [6.45, 7) is 5.14. The van der Waals surface area contributed by atoms with Gasteiger partial charge in [0.1, 0.15) is 12.4 Å². The zero-order valence-electron chi connectivity index (χ0n) is 15.4. The molecule has 6 nitrogen and oxygen atoms in total. The van der Waals surface area contributed by atoms with Crippen molar-refractivity contribution in [1.29, 1.82) is 0 Å². The van der Waals surface area contributed by atoms with E-state index in [1.165, 1.54) is 0 Å². The van der Waals surface area contributed by atoms with E-state index in [-0.39, 0.29) is 30.7 Å². The van der Waals surface area contributed by atoms with Gasteiger partial charge in [-0.15, -0.1) is 0 Å². The number of halogens is 4. The molecule has 0 aromatic heterocycles. The molecule has 0 saturated carbocycles. The largest absolute Gasteiger partial charge is 0.484 e. The minimum atomic E-state index is -4.54. The molecular weight excluding hydrogens is 401 g/mol. The average molecular weight is 423 g/mol. The summed E-state index contributed by atoms with van der Waals surface area (Å²) >= 11 is 5.75. The molecule has 0 aliphatic heterocycles. The average Bonchev–Trinajstić information content (AvgIpc) is 2.57. The van der Waals surface area contributed by atoms with Crippen LogP contribution in [0.1, 0.15) is 20.3 Å². The Labute approximate surface area is 166 Å². The van der Waals surface area contributed by atoms with Crippen LogP contribution in [0.15, 0.2) is 36.5 Å². The van der Waals surface area contributed by atoms with E-state index in [2.05, 4.69) is 21.9 Å². The topological polar surface area (TPSA) is 76.7 Å². The summed E-state index contributed by atoms with van der Waals surface area (Å²) in [5.41, 5.74) is 0.236. The first-order valence-electron chi connectivity index (χ1n) is 8.31. The highest BCUT2D eigenvalue weighted by atomic mass is 35.5. The summed E-state index contributed by atoms with van der Waals surface area (Å²) in [5, 5.41) is 5.53. The highest BCUT2D eigenvalue weighted by Gasteiger charge is 2.37. The first-order valence-corrected chi connectivity index (χ1v) is 8.69. The Hall–Kier alpha value is -2.26. The van der Waals surface area contributed by atoms with Gasteiger partial charge in [0.05, 0.1) is 0 Å². The van der Waals surface area contributed by atoms with Gasteiger partial charge in [0.15, 0.2) is 12.7 Å². The van der Waals surface area contributed by atoms with Crippen LogP contribution >= 0.6 is 11.6 Å². The van der Waals surface area contributed by atoms with Crippen molar-refractivity contribution in [2.75, 3.05) is 13.2 Å². The molecule has 0 saturated heterocycles. The normalized spacial score (nSPS) is 13.4. The fourth-order valence-electron chi connectivity index (χ4n) is 2.00. The van der Waals surface area contributed by atoms with Gasteiger partial charge in [0.2, 0.25) is 5.91 Å². The van der Waals surface area contributed by atoms with Crippen LogP contribution in [-0.2, 0) is 14.3 Å². The fraction of sp³-hybridized carbons (Fsp3) is 0.444. The Kier molecular flexibility index (Phi) is 9.27. The lowest BCUT2D eigenvalue weighted by Gasteiger charge is -2.18. The molecule has 1 aromatic carbocycles. The second kappa shape index (κ2) is 10.9. The molecule has 28 heavy (non-hydrogen) atoms. The maximum atomic E-state index is 12.3. The molecule has 0 aliphatic carbocycles. The minimum Gasteiger partial charge on any atom is -0.484 e. The number of rotatable bonds is 10. The number of amides is 2. The second-order valence-electron chi connectivity index (χ2n) is 6.06. The van der Waals surface area contributed by atoms with E-state index in [4.69, 9.17) is 16.3 Å². The van der Waals surface area contributed by atoms with Gasteiger partial charge in [-0.05, 0) is 38.1 Å². The van der Waals surface area contributed by atoms with Gasteiger partial charge in [-0.25, -0.2) is 0 Å². The molecule has 2 N–H and O–H groups in total. The van der Waals surface area contributed by atoms with Gasteiger partial charge in [-0.3, -0.25) is 9.59 Å². The third-order valence-corrected chi connectivity index (χ3v) is 3.64. The first kappa shape index (κ1) is 23.8. The molecule has 0 heterocycles. The number of nitrogens with one attached hydrogen (secondary N) is 2. The van der Waals surface area contributed by atoms with Crippen LogP contribution in [0.5, 0.6) is 5.75 Å². The van der Waals surface area contributed by atoms with E-state index >= 15 is 0 Å². The van der Waals surface area contributed by atoms with Crippen molar-refractivity contribution in [2.24, 2.45) is 0 Å². The monoisotopic (exact) mass is 422 g/mol. The summed E-state index contributed by atoms with van der Waals surface area (Å²) in [7, 11) is 0. The number of hydrogen-bond donors (Lipinski definition) is 2. The van der Waals surface area contributed by atoms with Crippen LogP contribution in [0.2, 0.25) is 5.02 Å². The molecular formula is C18H22ClF3N2O4. The second-order valence-corrected chi connectivity index (χ2v) is 6.50. The Bertz CT molecular complexity index is 680. The molecule has 0 aliphatic rings. The fourth-order valence-corrected chi connectivity index (χ4v) is 2.12. The number of carbonyl (C=O) groups is 2. The number of alkyl halides is 3. The van der Waals surface area contributed by atoms with Gasteiger partial charge in [0.25, 0.3) is 5.91 Å². The number of hydrogen-bond acceptors (Lipinski definition) is 4. The predicted octanol–water partition coefficient (Wildman–Crippen LogP) is 3.21. The van der Waals surface area contributed by atoms with Crippen molar-refractivity contribution in [3.8, 4) is 5.75 Å². The van der Waals surface area contributed by atoms with E-state index < -0.39 is 24.8 Å². The quantitative estimate of drug-likeness (QED) is 0.607. The summed E-state index contributed by atoms with van der Waals surface area (Å²) in [5.74, 6) is -0.661. The minimum absolute atomic E-state index is 0.188. The van der Waals surface area contributed by atoms with E-state index in [1.54, 1.807) is 31.2 Å². The maximum absolute atomic E-state index is 12.3. The van der Waals surface area contributed by atoms with Crippen molar-refractivity contribution >= 4 is 23.4 Å². The van der Waals surface area contributed by atoms with Crippen molar-refractivity contribution in [3.05, 3.63) is 41.6 Å². The summed E-state index contributed by atoms with van der Waals surface area (Å²) in [6, 6.07) is 6.12. The summed E-state index contributed by atoms with van der Waals surface area (Å²) in [6.07, 6.45) is -6.40. The van der Waals surface area contributed by atoms with Gasteiger partial charge < -0.3 is 20.1 Å². The van der Waals surface area contributed by atoms with Gasteiger partial charge in [-0.1, -0.05) is 18.2 Å². The molecule has 2 amide bonds. The Morgan fingerprint density at radius 2 is 1.75 bits per heavy atom. The van der Waals surface area contributed by atoms with Crippen molar-refractivity contribution in [2.45, 2.75) is 38.6 Å². The molecule has 0 spiro atoms. The molecule has 0 radical (unpaired) electrons. The Morgan fingerprint density at radius 1 is 1.14 bits per heavy atom. The van der Waals surface area contributed by atoms with Crippen molar-refractivity contribution in [3.63, 3.8) is 0 Å². The molecule has 2 unspecified atom stereocenters. The molecule has 2 atom stereocenters. The van der Waals surface area contributed by atoms with Gasteiger partial charge in [-0.2, -0.15) is 13.2 Å². The number of ether oxygens (including phenoxy) is 2. The van der Waals surface area contributed by atoms with Crippen molar-refractivity contribution in [1.82, 2.24) is 10.6 Å². The zero-order valence-corrected chi connectivity index (χ0v) is 16.2. The third kappa shape index (κ3) is 9.61. The standard InChI is InChI=1S/C18H22ClF3N2O4/c1-11(23-16(25)9-27-13(3)18(20,21)22)8-12(2)24-17(26)10-28-15-6-4-14(19)5-7-15/h4-7,12-13H,1,8-10H2,2-3H3,(H,23,25)(H,24,26). The summed E-state index contributed by atoms with van der Waals surface area (Å²) in [4.78, 5) is 23.5. The molecule has 0 fully saturated rings. The zero-order chi connectivity index (χ0) is 21.3. The van der Waals surface area contributed by atoms with Gasteiger partial charge >= 0.3 is 6.18 Å². The number of carbonyl (C=O) groups excluding carboxylic acids is 2. The van der Waals surface area contributed by atoms with Crippen LogP contribution in [-0.4, -0.2) is 43.4 Å². The SMILES string of the molecule is C=C(CC(C)NC(=O)COc1ccc(Cl)cc1)NC(=O)COC(C)C(F)(F)F. The Balaban J connectivity index is 2.28. The highest BCUT2D eigenvalue weighted by Crippen LogP contribution is 2.22. The lowest BCUT2D eigenvalue weighted by molar-refractivity contribution is -0.213. The van der Waals surface area contributed by atoms with Crippen LogP contribution in [0.25, 0.3) is 0 Å². The number of benzene rings is 1. The van der Waals surface area contributed by atoms with E-state index in [0.29, 0.717) is 10.8 Å². The molecule has 10 heteroatoms. The first-order chi connectivity index (χ1) is 13.0. The maximum Gasteiger partial charge on any atom is 0.414 e. The van der Waals surface area contributed by atoms with Crippen molar-refractivity contribution < 1.29 is 32.2 Å². The van der Waals surface area contributed by atoms with Crippen LogP contribution < -0.4 is 15.4 Å². The lowest BCUT2D eigenvalue weighted by Crippen LogP contribution is -2.38. The van der Waals surface area contributed by atoms with E-state index in [0.717, 1.165) is 6.92 Å². The van der Waals surface area contributed by atoms with E-state index in [9.17, 15) is 22.8 Å². The van der Waals surface area contributed by atoms with E-state index in [1.807, 2.05) is 0 Å². The molecule has 0 bridgehead atoms. The highest BCUT2D eigenvalue weighted by molar-refractivity contribution is 6.30. The Morgan fingerprint density at radius 3 is 2.32 bits per heavy atom. The van der Waals surface area contributed by atoms with Crippen LogP contribution in [0.3, 0.4) is 0 Å². The smallest absolute Gasteiger partial charge is 0.414 e. The lowest BCUT2D eigenvalue weighted by atomic mass is 10.2. The molecule has 1 rings (SSSR count). The molecule has 1 aromatic rings. The van der Waals surface area contributed by atoms with Gasteiger partial charge in [0, 0.05) is 23.2 Å².